The molecule has 0 aliphatic heterocycles. The minimum Gasteiger partial charge on any atom is -0.550 e. The van der Waals surface area contributed by atoms with Crippen molar-refractivity contribution in [1.82, 2.24) is 0 Å². The topological polar surface area (TPSA) is 575 Å². The summed E-state index contributed by atoms with van der Waals surface area (Å²) < 4.78 is 0. The van der Waals surface area contributed by atoms with E-state index in [1.54, 1.807) is 34.6 Å². The molecule has 0 aliphatic rings. The van der Waals surface area contributed by atoms with E-state index in [9.17, 15) is 132 Å². The Balaban J connectivity index is -0.0000000567. The van der Waals surface area contributed by atoms with Gasteiger partial charge in [-0.3, -0.25) is 43.2 Å². The average Bonchev–Trinajstić information content (AvgIpc) is 3.56. The van der Waals surface area contributed by atoms with Crippen LogP contribution in [0, 0.1) is 11.8 Å². The van der Waals surface area contributed by atoms with Crippen LogP contribution < -0.4 is 46.0 Å². The standard InChI is InChI=1S/6C6H10O3.3C5H8O3.2C4H10O.C3H8O.3Ti/c6*1-2-3-5(7)4-6(8)9;3*1-2-4(6)3-5(7)8;2*1-4(2)3-5;1-3(2)4;;;/h6*2-4H2,1H3,(H,8,9);3*2-3H2,1H3,(H,7,8);2*4-5H,3H2,1-2H3;3-4H,1-2H3;;;/q;;;;;;;;;;;;3*+3/p-9. The van der Waals surface area contributed by atoms with Gasteiger partial charge in [0.05, 0.1) is 0 Å². The second-order valence-corrected chi connectivity index (χ2v) is 19.6. The van der Waals surface area contributed by atoms with Gasteiger partial charge in [0.15, 0.2) is 0 Å². The summed E-state index contributed by atoms with van der Waals surface area (Å²) in [5.41, 5.74) is 0. The van der Waals surface area contributed by atoms with Crippen molar-refractivity contribution in [3.63, 3.8) is 0 Å². The van der Waals surface area contributed by atoms with E-state index >= 15 is 0 Å². The fraction of sp³-hybridized carbons (Fsp3) is 0.710. The maximum absolute atomic E-state index is 10.4. The number of Topliss-reactive ketones (excluding diaryl/α,β-unsaturated/α-hetero) is 9. The van der Waals surface area contributed by atoms with Gasteiger partial charge in [-0.1, -0.05) is 90.0 Å². The van der Waals surface area contributed by atoms with Crippen LogP contribution in [0.5, 0.6) is 0 Å². The van der Waals surface area contributed by atoms with Crippen LogP contribution >= 0.6 is 0 Å². The largest absolute Gasteiger partial charge is 3.00 e. The molecule has 0 saturated heterocycles. The fourth-order valence-corrected chi connectivity index (χ4v) is 4.03. The van der Waals surface area contributed by atoms with Crippen LogP contribution in [-0.4, -0.2) is 140 Å². The molecule has 0 aromatic heterocycles. The molecule has 0 amide bonds. The second kappa shape index (κ2) is 97.0. The van der Waals surface area contributed by atoms with E-state index in [0.29, 0.717) is 102 Å². The predicted molar refractivity (Wildman–Crippen MR) is 313 cm³/mol. The van der Waals surface area contributed by atoms with Crippen molar-refractivity contribution in [2.75, 3.05) is 13.2 Å². The van der Waals surface area contributed by atoms with Gasteiger partial charge < -0.3 is 104 Å². The zero-order valence-electron chi connectivity index (χ0n) is 58.0. The van der Waals surface area contributed by atoms with Crippen molar-refractivity contribution in [3.05, 3.63) is 0 Å². The third-order valence-corrected chi connectivity index (χ3v) is 8.16. The molecule has 3 N–H and O–H groups in total. The van der Waals surface area contributed by atoms with Crippen LogP contribution in [0.15, 0.2) is 0 Å². The maximum Gasteiger partial charge on any atom is 3.00 e. The number of carboxylic acids is 9. The van der Waals surface area contributed by atoms with E-state index in [4.69, 9.17) is 15.3 Å². The quantitative estimate of drug-likeness (QED) is 0.0401. The molecule has 543 valence electrons. The van der Waals surface area contributed by atoms with Gasteiger partial charge in [-0.25, -0.2) is 0 Å². The van der Waals surface area contributed by atoms with Crippen molar-refractivity contribution in [3.8, 4) is 0 Å². The summed E-state index contributed by atoms with van der Waals surface area (Å²) in [7, 11) is 0. The number of rotatable bonds is 35. The number of carbonyl (C=O) groups is 18. The van der Waals surface area contributed by atoms with Gasteiger partial charge in [0.1, 0.15) is 52.0 Å². The first-order valence-corrected chi connectivity index (χ1v) is 29.6. The number of aliphatic carboxylic acids is 9. The molecule has 0 atom stereocenters. The molecule has 3 radical (unpaired) electrons. The molecule has 30 nitrogen and oxygen atoms in total. The van der Waals surface area contributed by atoms with Crippen LogP contribution in [0.25, 0.3) is 0 Å². The molecule has 0 aliphatic carbocycles. The van der Waals surface area contributed by atoms with E-state index in [1.807, 2.05) is 69.2 Å². The Morgan fingerprint density at radius 2 is 0.326 bits per heavy atom. The molecule has 95 heavy (non-hydrogen) atoms. The summed E-state index contributed by atoms with van der Waals surface area (Å²) in [5, 5.41) is 112. The number of hydrogen-bond acceptors (Lipinski definition) is 30. The Labute approximate surface area is 604 Å². The first-order valence-electron chi connectivity index (χ1n) is 29.6. The van der Waals surface area contributed by atoms with Crippen LogP contribution in [-0.2, 0) is 151 Å². The van der Waals surface area contributed by atoms with E-state index in [1.165, 1.54) is 0 Å². The number of ketones is 9. The predicted octanol–water partition coefficient (Wildman–Crippen LogP) is -4.06. The van der Waals surface area contributed by atoms with Gasteiger partial charge in [0.25, 0.3) is 0 Å². The third kappa shape index (κ3) is 193. The second-order valence-electron chi connectivity index (χ2n) is 19.6. The molecule has 0 fully saturated rings. The van der Waals surface area contributed by atoms with Crippen molar-refractivity contribution < 1.29 is 213 Å². The number of hydrogen-bond donors (Lipinski definition) is 3. The number of carbonyl (C=O) groups excluding carboxylic acids is 18. The zero-order chi connectivity index (χ0) is 75.5. The first kappa shape index (κ1) is 126. The molecule has 0 spiro atoms. The first-order chi connectivity index (χ1) is 42.2. The van der Waals surface area contributed by atoms with Crippen LogP contribution in [0.1, 0.15) is 258 Å². The van der Waals surface area contributed by atoms with Crippen molar-refractivity contribution in [1.29, 1.82) is 0 Å². The molecule has 0 aromatic carbocycles. The SMILES string of the molecule is CC(C)CO.CC(C)CO.CC(C)O.CCC(=O)CC(=O)[O-].CCC(=O)CC(=O)[O-].CCC(=O)CC(=O)[O-].CCCC(=O)CC(=O)[O-].CCCC(=O)CC(=O)[O-].CCCC(=O)CC(=O)[O-].CCCC(=O)CC(=O)[O-].CCCC(=O)CC(=O)[O-].CCCC(=O)CC(=O)[O-].[Ti+3].[Ti+3].[Ti+3]. The minimum absolute atomic E-state index is 0. The molecular weight excluding hydrogens is 1370 g/mol. The van der Waals surface area contributed by atoms with E-state index in [0.717, 1.165) is 0 Å². The summed E-state index contributed by atoms with van der Waals surface area (Å²) in [6.45, 7) is 27.8. The van der Waals surface area contributed by atoms with Crippen molar-refractivity contribution in [2.45, 2.75) is 264 Å². The number of aliphatic hydroxyl groups is 3. The van der Waals surface area contributed by atoms with E-state index in [-0.39, 0.29) is 143 Å². The Morgan fingerprint density at radius 1 is 0.242 bits per heavy atom. The number of carboxylic acid groups (broad SMARTS) is 9. The summed E-state index contributed by atoms with van der Waals surface area (Å²) in [6.07, 6.45) is 2.94. The fourth-order valence-electron chi connectivity index (χ4n) is 4.03. The Kier molecular flexibility index (Phi) is 129. The van der Waals surface area contributed by atoms with Gasteiger partial charge in [0.2, 0.25) is 0 Å². The molecule has 0 heterocycles. The molecule has 0 rings (SSSR count). The summed E-state index contributed by atoms with van der Waals surface area (Å²) in [4.78, 5) is 181. The summed E-state index contributed by atoms with van der Waals surface area (Å²) in [6, 6.07) is 0. The smallest absolute Gasteiger partial charge is 0.550 e. The third-order valence-electron chi connectivity index (χ3n) is 8.16. The molecule has 0 aromatic rings. The monoisotopic (exact) mass is 1470 g/mol. The summed E-state index contributed by atoms with van der Waals surface area (Å²) in [5.74, 6) is -13.1. The average molecular weight is 1470 g/mol. The zero-order valence-corrected chi connectivity index (χ0v) is 62.7. The summed E-state index contributed by atoms with van der Waals surface area (Å²) >= 11 is 0. The van der Waals surface area contributed by atoms with E-state index < -0.39 is 112 Å². The minimum atomic E-state index is -1.29. The molecular formula is C62H103O30Ti3. The molecule has 0 saturated carbocycles. The Morgan fingerprint density at radius 3 is 0.368 bits per heavy atom. The van der Waals surface area contributed by atoms with Crippen LogP contribution in [0.3, 0.4) is 0 Å². The van der Waals surface area contributed by atoms with Crippen LogP contribution in [0.2, 0.25) is 0 Å². The van der Waals surface area contributed by atoms with Gasteiger partial charge in [-0.15, -0.1) is 0 Å². The molecule has 0 bridgehead atoms. The Hall–Kier alpha value is -5.72. The normalized spacial score (nSPS) is 8.68. The van der Waals surface area contributed by atoms with Gasteiger partial charge in [0, 0.05) is 189 Å². The Bertz CT molecular complexity index is 1760. The molecule has 33 heteroatoms. The van der Waals surface area contributed by atoms with E-state index in [2.05, 4.69) is 0 Å². The van der Waals surface area contributed by atoms with Crippen molar-refractivity contribution >= 4 is 106 Å². The van der Waals surface area contributed by atoms with Gasteiger partial charge >= 0.3 is 65.2 Å². The van der Waals surface area contributed by atoms with Crippen LogP contribution in [0.4, 0.5) is 0 Å². The number of aliphatic hydroxyl groups excluding tert-OH is 3. The van der Waals surface area contributed by atoms with Gasteiger partial charge in [-0.2, -0.15) is 0 Å². The maximum atomic E-state index is 10.4. The molecule has 0 unspecified atom stereocenters. The van der Waals surface area contributed by atoms with Gasteiger partial charge in [-0.05, 0) is 64.2 Å². The van der Waals surface area contributed by atoms with Crippen molar-refractivity contribution in [2.24, 2.45) is 11.8 Å².